The van der Waals surface area contributed by atoms with Crippen LogP contribution in [0.4, 0.5) is 0 Å². The molecule has 0 fully saturated rings. The standard InChI is InChI=1S/C22H20ClN5O4S/c1-28-18(11-32-17-10-6-3-7-13(17)23)26-27-22(28)33-12-16(29)19(21(30)31-2)20-24-14-8-4-5-9-15(14)25-20/h3-10,29H,11-12H2,1-2H3,(H,24,25). The number of nitrogens with one attached hydrogen (secondary N) is 1. The molecule has 0 aliphatic rings. The highest BCUT2D eigenvalue weighted by Gasteiger charge is 2.23. The molecule has 0 atom stereocenters. The Morgan fingerprint density at radius 2 is 1.94 bits per heavy atom. The minimum atomic E-state index is -0.695. The van der Waals surface area contributed by atoms with E-state index >= 15 is 0 Å². The number of rotatable bonds is 8. The Morgan fingerprint density at radius 3 is 2.70 bits per heavy atom. The van der Waals surface area contributed by atoms with Crippen LogP contribution in [-0.2, 0) is 23.2 Å². The largest absolute Gasteiger partial charge is 0.510 e. The van der Waals surface area contributed by atoms with E-state index in [0.29, 0.717) is 27.3 Å². The molecule has 9 nitrogen and oxygen atoms in total. The monoisotopic (exact) mass is 485 g/mol. The summed E-state index contributed by atoms with van der Waals surface area (Å²) in [4.78, 5) is 19.8. The Hall–Kier alpha value is -3.50. The van der Waals surface area contributed by atoms with E-state index in [0.717, 1.165) is 5.52 Å². The van der Waals surface area contributed by atoms with Crippen molar-refractivity contribution in [1.29, 1.82) is 0 Å². The second kappa shape index (κ2) is 9.97. The summed E-state index contributed by atoms with van der Waals surface area (Å²) in [5.74, 6) is 0.519. The van der Waals surface area contributed by atoms with Gasteiger partial charge in [0.1, 0.15) is 29.5 Å². The van der Waals surface area contributed by atoms with Gasteiger partial charge in [-0.2, -0.15) is 0 Å². The second-order valence-electron chi connectivity index (χ2n) is 6.88. The average molecular weight is 486 g/mol. The molecule has 0 aliphatic carbocycles. The van der Waals surface area contributed by atoms with Crippen molar-refractivity contribution < 1.29 is 19.4 Å². The number of thioether (sulfide) groups is 1. The number of fused-ring (bicyclic) bond motifs is 1. The van der Waals surface area contributed by atoms with Crippen LogP contribution in [0.1, 0.15) is 11.6 Å². The summed E-state index contributed by atoms with van der Waals surface area (Å²) < 4.78 is 12.3. The van der Waals surface area contributed by atoms with Gasteiger partial charge < -0.3 is 24.1 Å². The molecule has 0 aliphatic heterocycles. The normalized spacial score (nSPS) is 12.0. The summed E-state index contributed by atoms with van der Waals surface area (Å²) in [5, 5.41) is 20.1. The number of halogens is 1. The summed E-state index contributed by atoms with van der Waals surface area (Å²) in [6, 6.07) is 14.5. The number of para-hydroxylation sites is 3. The number of hydrogen-bond donors (Lipinski definition) is 2. The lowest BCUT2D eigenvalue weighted by atomic mass is 10.2. The van der Waals surface area contributed by atoms with Crippen LogP contribution >= 0.6 is 23.4 Å². The first-order chi connectivity index (χ1) is 16.0. The van der Waals surface area contributed by atoms with Crippen LogP contribution in [0.3, 0.4) is 0 Å². The van der Waals surface area contributed by atoms with Crippen LogP contribution in [0.5, 0.6) is 5.75 Å². The zero-order valence-electron chi connectivity index (χ0n) is 17.8. The number of nitrogens with zero attached hydrogens (tertiary/aromatic N) is 4. The number of H-pyrrole nitrogens is 1. The van der Waals surface area contributed by atoms with Gasteiger partial charge in [-0.15, -0.1) is 10.2 Å². The van der Waals surface area contributed by atoms with Crippen molar-refractivity contribution in [2.45, 2.75) is 11.8 Å². The molecule has 0 bridgehead atoms. The number of carbonyl (C=O) groups is 1. The van der Waals surface area contributed by atoms with Gasteiger partial charge in [0.25, 0.3) is 0 Å². The smallest absolute Gasteiger partial charge is 0.345 e. The molecule has 170 valence electrons. The third kappa shape index (κ3) is 4.96. The Labute approximate surface area is 198 Å². The van der Waals surface area contributed by atoms with Gasteiger partial charge in [0.15, 0.2) is 11.0 Å². The zero-order chi connectivity index (χ0) is 23.4. The molecule has 0 saturated carbocycles. The first-order valence-electron chi connectivity index (χ1n) is 9.82. The lowest BCUT2D eigenvalue weighted by Crippen LogP contribution is -2.10. The quantitative estimate of drug-likeness (QED) is 0.165. The maximum Gasteiger partial charge on any atom is 0.345 e. The van der Waals surface area contributed by atoms with E-state index in [1.54, 1.807) is 23.7 Å². The van der Waals surface area contributed by atoms with Crippen molar-refractivity contribution in [2.75, 3.05) is 12.9 Å². The number of hydrogen-bond acceptors (Lipinski definition) is 8. The number of aliphatic hydroxyl groups is 1. The maximum atomic E-state index is 12.4. The van der Waals surface area contributed by atoms with E-state index in [1.165, 1.54) is 18.9 Å². The van der Waals surface area contributed by atoms with Crippen LogP contribution in [0.25, 0.3) is 16.6 Å². The van der Waals surface area contributed by atoms with Crippen molar-refractivity contribution in [3.63, 3.8) is 0 Å². The lowest BCUT2D eigenvalue weighted by Gasteiger charge is -2.08. The molecular formula is C22H20ClN5O4S. The molecule has 2 aromatic carbocycles. The van der Waals surface area contributed by atoms with Crippen LogP contribution in [0, 0.1) is 0 Å². The van der Waals surface area contributed by atoms with E-state index in [-0.39, 0.29) is 29.5 Å². The molecule has 33 heavy (non-hydrogen) atoms. The molecule has 2 aromatic heterocycles. The van der Waals surface area contributed by atoms with E-state index in [1.807, 2.05) is 36.4 Å². The number of ether oxygens (including phenoxy) is 2. The predicted molar refractivity (Wildman–Crippen MR) is 125 cm³/mol. The van der Waals surface area contributed by atoms with E-state index in [2.05, 4.69) is 20.2 Å². The molecule has 0 unspecified atom stereocenters. The summed E-state index contributed by atoms with van der Waals surface area (Å²) in [7, 11) is 3.04. The maximum absolute atomic E-state index is 12.4. The van der Waals surface area contributed by atoms with Crippen molar-refractivity contribution in [2.24, 2.45) is 7.05 Å². The highest BCUT2D eigenvalue weighted by Crippen LogP contribution is 2.26. The zero-order valence-corrected chi connectivity index (χ0v) is 19.4. The fourth-order valence-electron chi connectivity index (χ4n) is 3.03. The number of aromatic amines is 1. The fraction of sp³-hybridized carbons (Fsp3) is 0.182. The first-order valence-corrected chi connectivity index (χ1v) is 11.2. The van der Waals surface area contributed by atoms with Gasteiger partial charge in [-0.3, -0.25) is 0 Å². The lowest BCUT2D eigenvalue weighted by molar-refractivity contribution is -0.133. The van der Waals surface area contributed by atoms with Crippen LogP contribution < -0.4 is 4.74 Å². The Bertz CT molecular complexity index is 1300. The van der Waals surface area contributed by atoms with Crippen molar-refractivity contribution in [1.82, 2.24) is 24.7 Å². The van der Waals surface area contributed by atoms with E-state index in [9.17, 15) is 9.90 Å². The predicted octanol–water partition coefficient (Wildman–Crippen LogP) is 4.16. The number of benzene rings is 2. The summed E-state index contributed by atoms with van der Waals surface area (Å²) in [6.07, 6.45) is 0. The molecule has 11 heteroatoms. The van der Waals surface area contributed by atoms with Crippen molar-refractivity contribution in [3.8, 4) is 5.75 Å². The summed E-state index contributed by atoms with van der Waals surface area (Å²) in [5.41, 5.74) is 1.38. The molecule has 4 aromatic rings. The summed E-state index contributed by atoms with van der Waals surface area (Å²) >= 11 is 7.32. The number of esters is 1. The third-order valence-corrected chi connectivity index (χ3v) is 6.10. The van der Waals surface area contributed by atoms with Gasteiger partial charge >= 0.3 is 5.97 Å². The minimum absolute atomic E-state index is 0.0364. The molecule has 0 radical (unpaired) electrons. The average Bonchev–Trinajstić information content (AvgIpc) is 3.40. The summed E-state index contributed by atoms with van der Waals surface area (Å²) in [6.45, 7) is 0.169. The van der Waals surface area contributed by atoms with Gasteiger partial charge in [-0.1, -0.05) is 47.6 Å². The van der Waals surface area contributed by atoms with Crippen LogP contribution in [-0.4, -0.2) is 48.7 Å². The van der Waals surface area contributed by atoms with Crippen molar-refractivity contribution >= 4 is 45.9 Å². The number of carbonyl (C=O) groups excluding carboxylic acids is 1. The number of methoxy groups -OCH3 is 1. The Morgan fingerprint density at radius 1 is 1.18 bits per heavy atom. The number of imidazole rings is 1. The van der Waals surface area contributed by atoms with Crippen molar-refractivity contribution in [3.05, 3.63) is 71.0 Å². The molecule has 0 spiro atoms. The highest BCUT2D eigenvalue weighted by atomic mass is 35.5. The molecule has 2 N–H and O–H groups in total. The second-order valence-corrected chi connectivity index (χ2v) is 8.23. The van der Waals surface area contributed by atoms with Gasteiger partial charge in [0, 0.05) is 7.05 Å². The van der Waals surface area contributed by atoms with E-state index in [4.69, 9.17) is 21.1 Å². The Kier molecular flexibility index (Phi) is 6.85. The highest BCUT2D eigenvalue weighted by molar-refractivity contribution is 7.99. The van der Waals surface area contributed by atoms with E-state index < -0.39 is 5.97 Å². The molecule has 2 heterocycles. The molecule has 0 saturated heterocycles. The van der Waals surface area contributed by atoms with Crippen LogP contribution in [0.15, 0.2) is 59.4 Å². The number of aromatic nitrogens is 5. The van der Waals surface area contributed by atoms with Gasteiger partial charge in [-0.05, 0) is 24.3 Å². The van der Waals surface area contributed by atoms with Crippen LogP contribution in [0.2, 0.25) is 5.02 Å². The number of aliphatic hydroxyl groups excluding tert-OH is 1. The first kappa shape index (κ1) is 22.7. The third-order valence-electron chi connectivity index (χ3n) is 4.76. The Balaban J connectivity index is 1.50. The van der Waals surface area contributed by atoms with Gasteiger partial charge in [-0.25, -0.2) is 9.78 Å². The topological polar surface area (TPSA) is 115 Å². The fourth-order valence-corrected chi connectivity index (χ4v) is 4.03. The molecule has 0 amide bonds. The molecule has 4 rings (SSSR count). The van der Waals surface area contributed by atoms with Gasteiger partial charge in [0.05, 0.1) is 28.9 Å². The minimum Gasteiger partial charge on any atom is -0.510 e. The van der Waals surface area contributed by atoms with Gasteiger partial charge in [0.2, 0.25) is 0 Å². The SMILES string of the molecule is COC(=O)C(=C(O)CSc1nnc(COc2ccccc2Cl)n1C)c1nc2ccccc2[nH]1. The molecular weight excluding hydrogens is 466 g/mol.